The van der Waals surface area contributed by atoms with Gasteiger partial charge in [-0.2, -0.15) is 5.10 Å². The number of hydrogen-bond acceptors (Lipinski definition) is 3. The van der Waals surface area contributed by atoms with Gasteiger partial charge in [0.2, 0.25) is 5.91 Å². The highest BCUT2D eigenvalue weighted by molar-refractivity contribution is 6.02. The Balaban J connectivity index is 1.81. The van der Waals surface area contributed by atoms with E-state index in [4.69, 9.17) is 0 Å². The number of rotatable bonds is 4. The number of amides is 1. The third-order valence-corrected chi connectivity index (χ3v) is 3.64. The molecule has 128 valence electrons. The first-order chi connectivity index (χ1) is 11.9. The van der Waals surface area contributed by atoms with Crippen LogP contribution in [0.2, 0.25) is 0 Å². The van der Waals surface area contributed by atoms with Crippen molar-refractivity contribution in [2.75, 3.05) is 5.32 Å². The molecule has 0 radical (unpaired) electrons. The second-order valence-corrected chi connectivity index (χ2v) is 5.87. The molecule has 0 aliphatic heterocycles. The van der Waals surface area contributed by atoms with Crippen LogP contribution in [-0.4, -0.2) is 20.7 Å². The number of aromatic amines is 1. The summed E-state index contributed by atoms with van der Waals surface area (Å²) in [6.45, 7) is 3.94. The molecule has 0 saturated heterocycles. The summed E-state index contributed by atoms with van der Waals surface area (Å²) >= 11 is 0. The van der Waals surface area contributed by atoms with E-state index in [0.717, 1.165) is 5.39 Å². The van der Waals surface area contributed by atoms with Gasteiger partial charge >= 0.3 is 0 Å². The van der Waals surface area contributed by atoms with Crippen LogP contribution in [0.15, 0.2) is 47.4 Å². The maximum Gasteiger partial charge on any atom is 0.256 e. The topological polar surface area (TPSA) is 79.8 Å². The molecule has 0 bridgehead atoms. The molecule has 3 rings (SSSR count). The number of fused-ring (bicyclic) bond motifs is 1. The zero-order chi connectivity index (χ0) is 18.0. The van der Waals surface area contributed by atoms with Gasteiger partial charge in [0, 0.05) is 28.8 Å². The van der Waals surface area contributed by atoms with Crippen LogP contribution in [0.4, 0.5) is 10.1 Å². The van der Waals surface area contributed by atoms with E-state index in [1.54, 1.807) is 16.9 Å². The lowest BCUT2D eigenvalue weighted by Gasteiger charge is -2.06. The lowest BCUT2D eigenvalue weighted by molar-refractivity contribution is -0.111. The third-order valence-electron chi connectivity index (χ3n) is 3.64. The van der Waals surface area contributed by atoms with Crippen LogP contribution in [-0.2, 0) is 4.79 Å². The predicted octanol–water partition coefficient (Wildman–Crippen LogP) is 3.10. The molecule has 1 aromatic carbocycles. The van der Waals surface area contributed by atoms with Crippen molar-refractivity contribution in [1.29, 1.82) is 0 Å². The molecule has 25 heavy (non-hydrogen) atoms. The standard InChI is InChI=1S/C18H17FN4O2/c1-11(2)23-17-13(10-20-23)9-12(18(25)22-17)3-8-16(24)21-15-6-4-14(19)5-7-15/h3-11H,1-2H3,(H,21,24)(H,22,25)/b8-3-. The van der Waals surface area contributed by atoms with E-state index in [1.807, 2.05) is 13.8 Å². The summed E-state index contributed by atoms with van der Waals surface area (Å²) in [7, 11) is 0. The Morgan fingerprint density at radius 1 is 1.32 bits per heavy atom. The Hall–Kier alpha value is -3.22. The number of nitrogens with one attached hydrogen (secondary N) is 2. The van der Waals surface area contributed by atoms with Crippen molar-refractivity contribution in [2.45, 2.75) is 19.9 Å². The van der Waals surface area contributed by atoms with Crippen molar-refractivity contribution in [3.05, 3.63) is 64.3 Å². The lowest BCUT2D eigenvalue weighted by Crippen LogP contribution is -2.13. The van der Waals surface area contributed by atoms with Gasteiger partial charge in [-0.15, -0.1) is 0 Å². The van der Waals surface area contributed by atoms with Gasteiger partial charge in [0.05, 0.1) is 6.20 Å². The van der Waals surface area contributed by atoms with E-state index in [1.165, 1.54) is 36.4 Å². The van der Waals surface area contributed by atoms with Crippen molar-refractivity contribution in [1.82, 2.24) is 14.8 Å². The summed E-state index contributed by atoms with van der Waals surface area (Å²) in [4.78, 5) is 26.9. The fourth-order valence-corrected chi connectivity index (χ4v) is 2.42. The smallest absolute Gasteiger partial charge is 0.256 e. The number of nitrogens with zero attached hydrogens (tertiary/aromatic N) is 2. The number of anilines is 1. The largest absolute Gasteiger partial charge is 0.323 e. The van der Waals surface area contributed by atoms with Gasteiger partial charge in [-0.1, -0.05) is 0 Å². The molecule has 3 aromatic rings. The number of benzene rings is 1. The quantitative estimate of drug-likeness (QED) is 0.716. The minimum Gasteiger partial charge on any atom is -0.323 e. The highest BCUT2D eigenvalue weighted by Crippen LogP contribution is 2.15. The summed E-state index contributed by atoms with van der Waals surface area (Å²) < 4.78 is 14.6. The second kappa shape index (κ2) is 6.72. The zero-order valence-electron chi connectivity index (χ0n) is 13.8. The van der Waals surface area contributed by atoms with E-state index in [0.29, 0.717) is 16.9 Å². The summed E-state index contributed by atoms with van der Waals surface area (Å²) in [5.74, 6) is -0.792. The van der Waals surface area contributed by atoms with Crippen LogP contribution in [0, 0.1) is 5.82 Å². The van der Waals surface area contributed by atoms with E-state index < -0.39 is 5.91 Å². The normalized spacial score (nSPS) is 11.5. The molecule has 0 unspecified atom stereocenters. The Labute approximate surface area is 143 Å². The zero-order valence-corrected chi connectivity index (χ0v) is 13.8. The van der Waals surface area contributed by atoms with Gasteiger partial charge in [0.25, 0.3) is 5.56 Å². The number of aromatic nitrogens is 3. The number of hydrogen-bond donors (Lipinski definition) is 2. The summed E-state index contributed by atoms with van der Waals surface area (Å²) in [6.07, 6.45) is 4.36. The number of H-pyrrole nitrogens is 1. The Bertz CT molecular complexity index is 1000. The highest BCUT2D eigenvalue weighted by Gasteiger charge is 2.09. The van der Waals surface area contributed by atoms with Gasteiger partial charge in [0.1, 0.15) is 11.5 Å². The van der Waals surface area contributed by atoms with Crippen molar-refractivity contribution in [3.63, 3.8) is 0 Å². The molecule has 2 aromatic heterocycles. The van der Waals surface area contributed by atoms with Crippen LogP contribution in [0.5, 0.6) is 0 Å². The first kappa shape index (κ1) is 16.6. The van der Waals surface area contributed by atoms with Crippen molar-refractivity contribution in [2.24, 2.45) is 0 Å². The van der Waals surface area contributed by atoms with Crippen molar-refractivity contribution < 1.29 is 9.18 Å². The van der Waals surface area contributed by atoms with E-state index >= 15 is 0 Å². The number of carbonyl (C=O) groups excluding carboxylic acids is 1. The minimum atomic E-state index is -0.413. The molecule has 0 aliphatic rings. The molecule has 0 spiro atoms. The minimum absolute atomic E-state index is 0.121. The van der Waals surface area contributed by atoms with Crippen LogP contribution in [0.3, 0.4) is 0 Å². The van der Waals surface area contributed by atoms with Gasteiger partial charge in [0.15, 0.2) is 0 Å². The molecule has 2 heterocycles. The number of carbonyl (C=O) groups is 1. The van der Waals surface area contributed by atoms with Crippen LogP contribution in [0.1, 0.15) is 25.5 Å². The first-order valence-corrected chi connectivity index (χ1v) is 7.79. The SMILES string of the molecule is CC(C)n1ncc2cc(/C=C\C(=O)Nc3ccc(F)cc3)c(=O)[nH]c21. The molecule has 7 heteroatoms. The molecule has 1 amide bonds. The van der Waals surface area contributed by atoms with Gasteiger partial charge in [-0.25, -0.2) is 9.07 Å². The van der Waals surface area contributed by atoms with Crippen molar-refractivity contribution in [3.8, 4) is 0 Å². The average Bonchev–Trinajstić information content (AvgIpc) is 2.97. The fraction of sp³-hybridized carbons (Fsp3) is 0.167. The Kier molecular flexibility index (Phi) is 4.47. The van der Waals surface area contributed by atoms with Crippen LogP contribution < -0.4 is 10.9 Å². The first-order valence-electron chi connectivity index (χ1n) is 7.79. The molecule has 0 saturated carbocycles. The molecular formula is C18H17FN4O2. The highest BCUT2D eigenvalue weighted by atomic mass is 19.1. The molecular weight excluding hydrogens is 323 g/mol. The van der Waals surface area contributed by atoms with E-state index in [-0.39, 0.29) is 17.4 Å². The van der Waals surface area contributed by atoms with E-state index in [9.17, 15) is 14.0 Å². The van der Waals surface area contributed by atoms with Gasteiger partial charge in [-0.05, 0) is 50.3 Å². The second-order valence-electron chi connectivity index (χ2n) is 5.87. The number of pyridine rings is 1. The summed E-state index contributed by atoms with van der Waals surface area (Å²) in [5, 5.41) is 7.63. The van der Waals surface area contributed by atoms with Gasteiger partial charge in [-0.3, -0.25) is 9.59 Å². The third kappa shape index (κ3) is 3.65. The maximum atomic E-state index is 12.8. The Morgan fingerprint density at radius 2 is 2.04 bits per heavy atom. The predicted molar refractivity (Wildman–Crippen MR) is 94.8 cm³/mol. The molecule has 0 fully saturated rings. The molecule has 0 atom stereocenters. The molecule has 2 N–H and O–H groups in total. The van der Waals surface area contributed by atoms with Gasteiger partial charge < -0.3 is 10.3 Å². The molecule has 0 aliphatic carbocycles. The fourth-order valence-electron chi connectivity index (χ4n) is 2.42. The summed E-state index contributed by atoms with van der Waals surface area (Å²) in [6, 6.07) is 7.23. The summed E-state index contributed by atoms with van der Waals surface area (Å²) in [5.41, 5.74) is 1.16. The maximum absolute atomic E-state index is 12.8. The van der Waals surface area contributed by atoms with Crippen LogP contribution >= 0.6 is 0 Å². The lowest BCUT2D eigenvalue weighted by atomic mass is 10.2. The monoisotopic (exact) mass is 340 g/mol. The Morgan fingerprint density at radius 3 is 2.72 bits per heavy atom. The molecule has 6 nitrogen and oxygen atoms in total. The number of halogens is 1. The van der Waals surface area contributed by atoms with Crippen molar-refractivity contribution >= 4 is 28.7 Å². The average molecular weight is 340 g/mol. The van der Waals surface area contributed by atoms with E-state index in [2.05, 4.69) is 15.4 Å². The van der Waals surface area contributed by atoms with Crippen LogP contribution in [0.25, 0.3) is 17.1 Å².